The van der Waals surface area contributed by atoms with E-state index in [0.29, 0.717) is 11.5 Å². The fourth-order valence-electron chi connectivity index (χ4n) is 2.49. The summed E-state index contributed by atoms with van der Waals surface area (Å²) in [5, 5.41) is 12.7. The molecule has 116 valence electrons. The molecule has 0 aliphatic rings. The lowest BCUT2D eigenvalue weighted by Gasteiger charge is -2.16. The van der Waals surface area contributed by atoms with E-state index >= 15 is 0 Å². The van der Waals surface area contributed by atoms with Gasteiger partial charge in [-0.25, -0.2) is 4.98 Å². The second-order valence-corrected chi connectivity index (χ2v) is 5.56. The Morgan fingerprint density at radius 1 is 1.22 bits per heavy atom. The number of fused-ring (bicyclic) bond motifs is 1. The molecule has 0 unspecified atom stereocenters. The first kappa shape index (κ1) is 14.7. The number of nitrogens with zero attached hydrogens (tertiary/aromatic N) is 4. The maximum absolute atomic E-state index is 9.34. The van der Waals surface area contributed by atoms with Crippen molar-refractivity contribution in [3.8, 4) is 6.07 Å². The molecule has 0 bridgehead atoms. The number of nitriles is 1. The van der Waals surface area contributed by atoms with E-state index in [1.165, 1.54) is 0 Å². The molecule has 0 aliphatic heterocycles. The Labute approximate surface area is 134 Å². The van der Waals surface area contributed by atoms with E-state index in [0.717, 1.165) is 28.1 Å². The molecule has 2 aromatic carbocycles. The highest BCUT2D eigenvalue weighted by molar-refractivity contribution is 5.92. The van der Waals surface area contributed by atoms with Crippen LogP contribution in [0.5, 0.6) is 0 Å². The first-order valence-corrected chi connectivity index (χ1v) is 7.20. The van der Waals surface area contributed by atoms with Gasteiger partial charge in [-0.3, -0.25) is 0 Å². The number of para-hydroxylation sites is 1. The van der Waals surface area contributed by atoms with Crippen LogP contribution in [0.15, 0.2) is 36.4 Å². The van der Waals surface area contributed by atoms with Crippen molar-refractivity contribution >= 4 is 34.0 Å². The summed E-state index contributed by atoms with van der Waals surface area (Å²) in [7, 11) is 5.80. The van der Waals surface area contributed by atoms with Crippen molar-refractivity contribution in [2.24, 2.45) is 7.05 Å². The van der Waals surface area contributed by atoms with E-state index < -0.39 is 0 Å². The molecule has 0 atom stereocenters. The third kappa shape index (κ3) is 2.53. The van der Waals surface area contributed by atoms with Crippen LogP contribution in [-0.4, -0.2) is 23.6 Å². The van der Waals surface area contributed by atoms with Crippen molar-refractivity contribution in [1.82, 2.24) is 9.55 Å². The number of rotatable bonds is 3. The summed E-state index contributed by atoms with van der Waals surface area (Å²) in [6.45, 7) is 0. The Bertz CT molecular complexity index is 917. The molecule has 3 N–H and O–H groups in total. The summed E-state index contributed by atoms with van der Waals surface area (Å²) in [4.78, 5) is 6.40. The van der Waals surface area contributed by atoms with Crippen molar-refractivity contribution in [3.63, 3.8) is 0 Å². The van der Waals surface area contributed by atoms with Gasteiger partial charge in [-0.2, -0.15) is 5.26 Å². The first-order chi connectivity index (χ1) is 11.0. The smallest absolute Gasteiger partial charge is 0.201 e. The largest absolute Gasteiger partial charge is 0.378 e. The molecule has 0 fully saturated rings. The maximum Gasteiger partial charge on any atom is 0.201 e. The fraction of sp³-hybridized carbons (Fsp3) is 0.176. The third-order valence-electron chi connectivity index (χ3n) is 3.86. The zero-order valence-electron chi connectivity index (χ0n) is 13.3. The van der Waals surface area contributed by atoms with Crippen LogP contribution in [0.4, 0.5) is 23.0 Å². The van der Waals surface area contributed by atoms with Crippen molar-refractivity contribution in [1.29, 1.82) is 5.26 Å². The quantitative estimate of drug-likeness (QED) is 0.777. The molecule has 0 radical (unpaired) electrons. The number of nitrogens with one attached hydrogen (secondary N) is 1. The zero-order valence-corrected chi connectivity index (χ0v) is 13.3. The van der Waals surface area contributed by atoms with Crippen LogP contribution in [0.2, 0.25) is 0 Å². The van der Waals surface area contributed by atoms with Gasteiger partial charge in [-0.05, 0) is 30.3 Å². The molecule has 6 nitrogen and oxygen atoms in total. The van der Waals surface area contributed by atoms with Crippen LogP contribution in [-0.2, 0) is 7.05 Å². The van der Waals surface area contributed by atoms with E-state index in [4.69, 9.17) is 5.73 Å². The SMILES string of the molecule is CN(C)c1ccc(C#N)c(Nc2cccc3c2nc(N)n3C)c1. The van der Waals surface area contributed by atoms with Gasteiger partial charge in [0, 0.05) is 26.8 Å². The first-order valence-electron chi connectivity index (χ1n) is 7.20. The molecular formula is C17H18N6. The molecule has 1 aromatic heterocycles. The highest BCUT2D eigenvalue weighted by atomic mass is 15.1. The van der Waals surface area contributed by atoms with Crippen LogP contribution < -0.4 is 16.0 Å². The van der Waals surface area contributed by atoms with Crippen molar-refractivity contribution in [2.75, 3.05) is 30.0 Å². The highest BCUT2D eigenvalue weighted by Crippen LogP contribution is 2.30. The van der Waals surface area contributed by atoms with Crippen LogP contribution in [0.1, 0.15) is 5.56 Å². The standard InChI is InChI=1S/C17H18N6/c1-22(2)12-8-7-11(10-18)14(9-12)20-13-5-4-6-15-16(13)21-17(19)23(15)3/h4-9,20H,1-3H3,(H2,19,21). The topological polar surface area (TPSA) is 82.9 Å². The van der Waals surface area contributed by atoms with E-state index in [1.807, 2.05) is 67.0 Å². The van der Waals surface area contributed by atoms with Crippen molar-refractivity contribution in [3.05, 3.63) is 42.0 Å². The van der Waals surface area contributed by atoms with E-state index in [9.17, 15) is 5.26 Å². The number of aryl methyl sites for hydroxylation is 1. The second kappa shape index (κ2) is 5.54. The van der Waals surface area contributed by atoms with Gasteiger partial charge in [-0.15, -0.1) is 0 Å². The number of aromatic nitrogens is 2. The highest BCUT2D eigenvalue weighted by Gasteiger charge is 2.11. The lowest BCUT2D eigenvalue weighted by molar-refractivity contribution is 0.965. The fourth-order valence-corrected chi connectivity index (χ4v) is 2.49. The van der Waals surface area contributed by atoms with Crippen LogP contribution in [0.25, 0.3) is 11.0 Å². The van der Waals surface area contributed by atoms with Gasteiger partial charge >= 0.3 is 0 Å². The summed E-state index contributed by atoms with van der Waals surface area (Å²) in [5.41, 5.74) is 10.8. The summed E-state index contributed by atoms with van der Waals surface area (Å²) < 4.78 is 1.84. The summed E-state index contributed by atoms with van der Waals surface area (Å²) in [5.74, 6) is 0.455. The van der Waals surface area contributed by atoms with Crippen LogP contribution >= 0.6 is 0 Å². The zero-order chi connectivity index (χ0) is 16.6. The Balaban J connectivity index is 2.11. The predicted molar refractivity (Wildman–Crippen MR) is 93.9 cm³/mol. The lowest BCUT2D eigenvalue weighted by atomic mass is 10.1. The van der Waals surface area contributed by atoms with Gasteiger partial charge in [0.05, 0.1) is 22.5 Å². The Kier molecular flexibility index (Phi) is 3.54. The average Bonchev–Trinajstić information content (AvgIpc) is 2.83. The van der Waals surface area contributed by atoms with Crippen molar-refractivity contribution in [2.45, 2.75) is 0 Å². The number of hydrogen-bond donors (Lipinski definition) is 2. The number of nitrogen functional groups attached to an aromatic ring is 1. The van der Waals surface area contributed by atoms with Crippen LogP contribution in [0, 0.1) is 11.3 Å². The van der Waals surface area contributed by atoms with Gasteiger partial charge in [0.25, 0.3) is 0 Å². The molecule has 3 aromatic rings. The Morgan fingerprint density at radius 2 is 2.00 bits per heavy atom. The van der Waals surface area contributed by atoms with Crippen molar-refractivity contribution < 1.29 is 0 Å². The minimum absolute atomic E-state index is 0.455. The monoisotopic (exact) mass is 306 g/mol. The molecule has 0 saturated heterocycles. The number of benzene rings is 2. The van der Waals surface area contributed by atoms with E-state index in [-0.39, 0.29) is 0 Å². The van der Waals surface area contributed by atoms with Crippen LogP contribution in [0.3, 0.4) is 0 Å². The third-order valence-corrected chi connectivity index (χ3v) is 3.86. The number of imidazole rings is 1. The Hall–Kier alpha value is -3.20. The second-order valence-electron chi connectivity index (χ2n) is 5.56. The Morgan fingerprint density at radius 3 is 2.70 bits per heavy atom. The molecule has 0 spiro atoms. The van der Waals surface area contributed by atoms with Gasteiger partial charge in [-0.1, -0.05) is 6.07 Å². The molecular weight excluding hydrogens is 288 g/mol. The van der Waals surface area contributed by atoms with E-state index in [1.54, 1.807) is 0 Å². The minimum Gasteiger partial charge on any atom is -0.378 e. The van der Waals surface area contributed by atoms with Gasteiger partial charge in [0.1, 0.15) is 11.6 Å². The number of hydrogen-bond acceptors (Lipinski definition) is 5. The molecule has 0 amide bonds. The predicted octanol–water partition coefficient (Wildman–Crippen LogP) is 2.84. The molecule has 23 heavy (non-hydrogen) atoms. The molecule has 3 rings (SSSR count). The molecule has 0 saturated carbocycles. The summed E-state index contributed by atoms with van der Waals surface area (Å²) in [6.07, 6.45) is 0. The normalized spacial score (nSPS) is 10.5. The van der Waals surface area contributed by atoms with Gasteiger partial charge < -0.3 is 20.5 Å². The average molecular weight is 306 g/mol. The number of anilines is 4. The lowest BCUT2D eigenvalue weighted by Crippen LogP contribution is -2.09. The molecule has 1 heterocycles. The number of nitrogens with two attached hydrogens (primary N) is 1. The summed E-state index contributed by atoms with van der Waals surface area (Å²) >= 11 is 0. The van der Waals surface area contributed by atoms with Gasteiger partial charge in [0.2, 0.25) is 5.95 Å². The molecule has 6 heteroatoms. The summed E-state index contributed by atoms with van der Waals surface area (Å²) in [6, 6.07) is 13.7. The van der Waals surface area contributed by atoms with E-state index in [2.05, 4.69) is 16.4 Å². The molecule has 0 aliphatic carbocycles. The minimum atomic E-state index is 0.455. The van der Waals surface area contributed by atoms with Gasteiger partial charge in [0.15, 0.2) is 0 Å². The maximum atomic E-state index is 9.34.